The smallest absolute Gasteiger partial charge is 0.376 e. The molecular formula is C19H26F3N3OS. The van der Waals surface area contributed by atoms with Gasteiger partial charge in [-0.25, -0.2) is 0 Å². The van der Waals surface area contributed by atoms with Crippen molar-refractivity contribution in [2.75, 3.05) is 43.0 Å². The van der Waals surface area contributed by atoms with E-state index in [0.717, 1.165) is 49.6 Å². The molecule has 8 heteroatoms. The van der Waals surface area contributed by atoms with Crippen LogP contribution in [0.25, 0.3) is 0 Å². The molecule has 1 saturated carbocycles. The maximum Gasteiger partial charge on any atom is 0.416 e. The van der Waals surface area contributed by atoms with Crippen molar-refractivity contribution in [2.45, 2.75) is 37.4 Å². The number of carbonyl (C=O) groups excluding carboxylic acids is 1. The van der Waals surface area contributed by atoms with Crippen LogP contribution in [0.5, 0.6) is 0 Å². The van der Waals surface area contributed by atoms with E-state index in [1.807, 2.05) is 11.8 Å². The summed E-state index contributed by atoms with van der Waals surface area (Å²) in [5.41, 5.74) is -0.378. The highest BCUT2D eigenvalue weighted by molar-refractivity contribution is 7.99. The molecule has 2 fully saturated rings. The number of hydrogen-bond acceptors (Lipinski definition) is 4. The van der Waals surface area contributed by atoms with Crippen LogP contribution in [0.4, 0.5) is 18.9 Å². The van der Waals surface area contributed by atoms with Gasteiger partial charge in [-0.3, -0.25) is 9.69 Å². The summed E-state index contributed by atoms with van der Waals surface area (Å²) in [6.45, 7) is 2.69. The Bertz CT molecular complexity index is 641. The predicted octanol–water partition coefficient (Wildman–Crippen LogP) is 3.60. The van der Waals surface area contributed by atoms with Gasteiger partial charge in [-0.1, -0.05) is 18.9 Å². The van der Waals surface area contributed by atoms with E-state index in [1.54, 1.807) is 0 Å². The summed E-state index contributed by atoms with van der Waals surface area (Å²) in [5.74, 6) is 2.07. The zero-order chi connectivity index (χ0) is 19.3. The zero-order valence-electron chi connectivity index (χ0n) is 15.3. The highest BCUT2D eigenvalue weighted by atomic mass is 32.2. The molecule has 1 aliphatic heterocycles. The number of hydrogen-bond donors (Lipinski definition) is 2. The summed E-state index contributed by atoms with van der Waals surface area (Å²) in [5, 5.41) is 5.80. The topological polar surface area (TPSA) is 44.4 Å². The summed E-state index contributed by atoms with van der Waals surface area (Å²) in [7, 11) is 0. The standard InChI is InChI=1S/C19H26F3N3OS/c20-19(21,22)15-4-3-5-16(12-15)23-13-17(26)24-14-18(6-1-2-7-18)25-8-10-27-11-9-25/h3-5,12,23H,1-2,6-11,13-14H2,(H,24,26). The van der Waals surface area contributed by atoms with E-state index in [-0.39, 0.29) is 18.0 Å². The number of rotatable bonds is 6. The molecule has 0 aromatic heterocycles. The molecule has 150 valence electrons. The van der Waals surface area contributed by atoms with Gasteiger partial charge in [0.1, 0.15) is 0 Å². The van der Waals surface area contributed by atoms with E-state index in [0.29, 0.717) is 12.2 Å². The van der Waals surface area contributed by atoms with E-state index in [4.69, 9.17) is 0 Å². The summed E-state index contributed by atoms with van der Waals surface area (Å²) in [6.07, 6.45) is 0.170. The van der Waals surface area contributed by atoms with E-state index in [1.165, 1.54) is 25.0 Å². The minimum atomic E-state index is -4.39. The lowest BCUT2D eigenvalue weighted by atomic mass is 9.94. The molecule has 1 aromatic rings. The van der Waals surface area contributed by atoms with Crippen LogP contribution in [-0.2, 0) is 11.0 Å². The molecule has 0 bridgehead atoms. The van der Waals surface area contributed by atoms with Gasteiger partial charge in [0.2, 0.25) is 5.91 Å². The van der Waals surface area contributed by atoms with E-state index >= 15 is 0 Å². The molecular weight excluding hydrogens is 375 g/mol. The molecule has 1 saturated heterocycles. The maximum atomic E-state index is 12.8. The van der Waals surface area contributed by atoms with Crippen LogP contribution >= 0.6 is 11.8 Å². The van der Waals surface area contributed by atoms with Crippen molar-refractivity contribution < 1.29 is 18.0 Å². The van der Waals surface area contributed by atoms with Gasteiger partial charge in [-0.2, -0.15) is 24.9 Å². The lowest BCUT2D eigenvalue weighted by molar-refractivity contribution is -0.137. The van der Waals surface area contributed by atoms with Crippen molar-refractivity contribution in [3.63, 3.8) is 0 Å². The average Bonchev–Trinajstić information content (AvgIpc) is 3.15. The summed E-state index contributed by atoms with van der Waals surface area (Å²) in [6, 6.07) is 4.92. The van der Waals surface area contributed by atoms with Crippen molar-refractivity contribution in [1.82, 2.24) is 10.2 Å². The number of benzene rings is 1. The van der Waals surface area contributed by atoms with Gasteiger partial charge in [0.15, 0.2) is 0 Å². The molecule has 1 aromatic carbocycles. The molecule has 2 N–H and O–H groups in total. The first-order valence-corrected chi connectivity index (χ1v) is 10.6. The SMILES string of the molecule is O=C(CNc1cccc(C(F)(F)F)c1)NCC1(N2CCSCC2)CCCC1. The molecule has 0 atom stereocenters. The highest BCUT2D eigenvalue weighted by Crippen LogP contribution is 2.36. The first-order valence-electron chi connectivity index (χ1n) is 9.40. The lowest BCUT2D eigenvalue weighted by Crippen LogP contribution is -2.56. The minimum absolute atomic E-state index is 0.0345. The molecule has 1 aliphatic carbocycles. The fraction of sp³-hybridized carbons (Fsp3) is 0.632. The third kappa shape index (κ3) is 5.31. The number of nitrogens with zero attached hydrogens (tertiary/aromatic N) is 1. The summed E-state index contributed by atoms with van der Waals surface area (Å²) >= 11 is 1.97. The number of carbonyl (C=O) groups is 1. The lowest BCUT2D eigenvalue weighted by Gasteiger charge is -2.43. The number of thioether (sulfide) groups is 1. The quantitative estimate of drug-likeness (QED) is 0.765. The van der Waals surface area contributed by atoms with Crippen LogP contribution in [0.3, 0.4) is 0 Å². The van der Waals surface area contributed by atoms with Gasteiger partial charge >= 0.3 is 6.18 Å². The Labute approximate surface area is 162 Å². The fourth-order valence-electron chi connectivity index (χ4n) is 3.99. The van der Waals surface area contributed by atoms with Gasteiger partial charge in [-0.05, 0) is 31.0 Å². The molecule has 2 aliphatic rings. The number of amides is 1. The Balaban J connectivity index is 1.51. The average molecular weight is 401 g/mol. The molecule has 1 amide bonds. The first kappa shape index (κ1) is 20.3. The van der Waals surface area contributed by atoms with Gasteiger partial charge in [0.05, 0.1) is 12.1 Å². The summed E-state index contributed by atoms with van der Waals surface area (Å²) < 4.78 is 38.3. The highest BCUT2D eigenvalue weighted by Gasteiger charge is 2.40. The van der Waals surface area contributed by atoms with Crippen LogP contribution in [0.2, 0.25) is 0 Å². The van der Waals surface area contributed by atoms with E-state index in [2.05, 4.69) is 15.5 Å². The Kier molecular flexibility index (Phi) is 6.57. The van der Waals surface area contributed by atoms with Crippen LogP contribution in [0.1, 0.15) is 31.2 Å². The number of alkyl halides is 3. The maximum absolute atomic E-state index is 12.8. The number of anilines is 1. The number of nitrogens with one attached hydrogen (secondary N) is 2. The molecule has 0 radical (unpaired) electrons. The summed E-state index contributed by atoms with van der Waals surface area (Å²) in [4.78, 5) is 14.8. The van der Waals surface area contributed by atoms with Crippen molar-refractivity contribution in [2.24, 2.45) is 0 Å². The third-order valence-corrected chi connectivity index (χ3v) is 6.42. The molecule has 0 spiro atoms. The normalized spacial score (nSPS) is 20.4. The van der Waals surface area contributed by atoms with Crippen molar-refractivity contribution >= 4 is 23.4 Å². The molecule has 27 heavy (non-hydrogen) atoms. The van der Waals surface area contributed by atoms with Crippen molar-refractivity contribution in [3.8, 4) is 0 Å². The second-order valence-corrected chi connectivity index (χ2v) is 8.46. The van der Waals surface area contributed by atoms with Crippen LogP contribution in [-0.4, -0.2) is 54.0 Å². The molecule has 3 rings (SSSR count). The largest absolute Gasteiger partial charge is 0.416 e. The van der Waals surface area contributed by atoms with Gasteiger partial charge in [0.25, 0.3) is 0 Å². The second-order valence-electron chi connectivity index (χ2n) is 7.24. The molecule has 0 unspecified atom stereocenters. The fourth-order valence-corrected chi connectivity index (χ4v) is 4.89. The van der Waals surface area contributed by atoms with E-state index < -0.39 is 11.7 Å². The van der Waals surface area contributed by atoms with Crippen molar-refractivity contribution in [3.05, 3.63) is 29.8 Å². The minimum Gasteiger partial charge on any atom is -0.376 e. The first-order chi connectivity index (χ1) is 12.9. The van der Waals surface area contributed by atoms with Crippen LogP contribution in [0.15, 0.2) is 24.3 Å². The van der Waals surface area contributed by atoms with Crippen LogP contribution in [0, 0.1) is 0 Å². The second kappa shape index (κ2) is 8.73. The van der Waals surface area contributed by atoms with E-state index in [9.17, 15) is 18.0 Å². The monoisotopic (exact) mass is 401 g/mol. The molecule has 1 heterocycles. The Hall–Kier alpha value is -1.41. The molecule has 4 nitrogen and oxygen atoms in total. The van der Waals surface area contributed by atoms with Gasteiger partial charge in [-0.15, -0.1) is 0 Å². The van der Waals surface area contributed by atoms with Gasteiger partial charge < -0.3 is 10.6 Å². The van der Waals surface area contributed by atoms with Gasteiger partial charge in [0, 0.05) is 42.4 Å². The third-order valence-electron chi connectivity index (χ3n) is 5.47. The Morgan fingerprint density at radius 1 is 1.19 bits per heavy atom. The number of halogens is 3. The Morgan fingerprint density at radius 3 is 2.56 bits per heavy atom. The van der Waals surface area contributed by atoms with Crippen molar-refractivity contribution in [1.29, 1.82) is 0 Å². The zero-order valence-corrected chi connectivity index (χ0v) is 16.1. The van der Waals surface area contributed by atoms with Crippen LogP contribution < -0.4 is 10.6 Å². The Morgan fingerprint density at radius 2 is 1.89 bits per heavy atom. The predicted molar refractivity (Wildman–Crippen MR) is 103 cm³/mol.